The third-order valence-corrected chi connectivity index (χ3v) is 5.78. The second kappa shape index (κ2) is 6.24. The highest BCUT2D eigenvalue weighted by molar-refractivity contribution is 7.89. The van der Waals surface area contributed by atoms with Crippen molar-refractivity contribution in [2.24, 2.45) is 5.92 Å². The summed E-state index contributed by atoms with van der Waals surface area (Å²) in [5.41, 5.74) is 1.55. The number of aromatic nitrogens is 2. The van der Waals surface area contributed by atoms with Crippen molar-refractivity contribution in [2.75, 3.05) is 20.1 Å². The predicted molar refractivity (Wildman–Crippen MR) is 77.9 cm³/mol. The molecule has 0 spiro atoms. The maximum atomic E-state index is 12.6. The van der Waals surface area contributed by atoms with Gasteiger partial charge in [0.2, 0.25) is 0 Å². The monoisotopic (exact) mass is 300 g/mol. The van der Waals surface area contributed by atoms with Crippen LogP contribution in [0.4, 0.5) is 0 Å². The highest BCUT2D eigenvalue weighted by Gasteiger charge is 2.30. The van der Waals surface area contributed by atoms with Crippen molar-refractivity contribution in [1.29, 1.82) is 0 Å². The lowest BCUT2D eigenvalue weighted by molar-refractivity contribution is 0.262. The van der Waals surface area contributed by atoms with E-state index >= 15 is 0 Å². The van der Waals surface area contributed by atoms with Crippen LogP contribution in [0.3, 0.4) is 0 Å². The first kappa shape index (κ1) is 15.5. The lowest BCUT2D eigenvalue weighted by Gasteiger charge is -2.29. The fourth-order valence-corrected chi connectivity index (χ4v) is 3.79. The van der Waals surface area contributed by atoms with E-state index in [0.717, 1.165) is 30.6 Å². The van der Waals surface area contributed by atoms with Crippen LogP contribution in [0.2, 0.25) is 0 Å². The topological polar surface area (TPSA) is 78.1 Å². The average Bonchev–Trinajstić information content (AvgIpc) is 2.72. The van der Waals surface area contributed by atoms with Gasteiger partial charge in [0.1, 0.15) is 0 Å². The third-order valence-electron chi connectivity index (χ3n) is 3.98. The third kappa shape index (κ3) is 3.05. The number of rotatable bonds is 7. The van der Waals surface area contributed by atoms with Crippen LogP contribution >= 0.6 is 0 Å². The summed E-state index contributed by atoms with van der Waals surface area (Å²) in [6.07, 6.45) is 3.47. The van der Waals surface area contributed by atoms with E-state index in [0.29, 0.717) is 19.0 Å². The molecule has 2 N–H and O–H groups in total. The van der Waals surface area contributed by atoms with Gasteiger partial charge in [-0.2, -0.15) is 9.40 Å². The van der Waals surface area contributed by atoms with Crippen LogP contribution in [-0.4, -0.2) is 43.1 Å². The van der Waals surface area contributed by atoms with Gasteiger partial charge in [-0.05, 0) is 32.2 Å². The van der Waals surface area contributed by atoms with Gasteiger partial charge in [-0.15, -0.1) is 0 Å². The van der Waals surface area contributed by atoms with Crippen molar-refractivity contribution in [1.82, 2.24) is 19.8 Å². The summed E-state index contributed by atoms with van der Waals surface area (Å²) in [5, 5.41) is 10.1. The minimum Gasteiger partial charge on any atom is -0.313 e. The predicted octanol–water partition coefficient (Wildman–Crippen LogP) is 1.25. The number of H-pyrrole nitrogens is 1. The Bertz CT molecular complexity index is 549. The van der Waals surface area contributed by atoms with Crippen LogP contribution in [0.5, 0.6) is 0 Å². The molecular formula is C13H24N4O2S. The molecule has 1 aliphatic carbocycles. The number of aryl methyl sites for hydroxylation is 1. The Hall–Kier alpha value is -0.920. The minimum atomic E-state index is -3.50. The van der Waals surface area contributed by atoms with Crippen LogP contribution in [0.1, 0.15) is 37.4 Å². The molecule has 0 bridgehead atoms. The first-order chi connectivity index (χ1) is 9.46. The standard InChI is InChI=1S/C13H24N4O2S/c1-4-14-8-12-10(2)15-16-13(12)20(18,19)17(3)9-11-6-5-7-11/h11,14H,4-9H2,1-3H3,(H,15,16). The molecule has 1 aliphatic rings. The van der Waals surface area contributed by atoms with Gasteiger partial charge in [-0.1, -0.05) is 13.3 Å². The number of hydrogen-bond donors (Lipinski definition) is 2. The Balaban J connectivity index is 2.19. The van der Waals surface area contributed by atoms with Gasteiger partial charge in [0.05, 0.1) is 0 Å². The normalized spacial score (nSPS) is 16.6. The second-order valence-corrected chi connectivity index (χ2v) is 7.46. The molecule has 6 nitrogen and oxygen atoms in total. The van der Waals surface area contributed by atoms with E-state index in [1.54, 1.807) is 7.05 Å². The molecular weight excluding hydrogens is 276 g/mol. The molecule has 20 heavy (non-hydrogen) atoms. The molecule has 1 aromatic heterocycles. The van der Waals surface area contributed by atoms with Gasteiger partial charge in [-0.25, -0.2) is 8.42 Å². The number of aromatic amines is 1. The average molecular weight is 300 g/mol. The summed E-state index contributed by atoms with van der Waals surface area (Å²) in [6.45, 7) is 5.75. The first-order valence-electron chi connectivity index (χ1n) is 7.17. The number of sulfonamides is 1. The Labute approximate surface area is 121 Å². The Morgan fingerprint density at radius 2 is 2.15 bits per heavy atom. The highest BCUT2D eigenvalue weighted by Crippen LogP contribution is 2.29. The van der Waals surface area contributed by atoms with Gasteiger partial charge in [0.25, 0.3) is 10.0 Å². The van der Waals surface area contributed by atoms with Gasteiger partial charge < -0.3 is 5.32 Å². The van der Waals surface area contributed by atoms with E-state index in [2.05, 4.69) is 15.5 Å². The van der Waals surface area contributed by atoms with Crippen molar-refractivity contribution in [3.8, 4) is 0 Å². The van der Waals surface area contributed by atoms with Gasteiger partial charge >= 0.3 is 0 Å². The molecule has 0 saturated heterocycles. The molecule has 1 saturated carbocycles. The largest absolute Gasteiger partial charge is 0.313 e. The SMILES string of the molecule is CCNCc1c(S(=O)(=O)N(C)CC2CCC2)n[nH]c1C. The van der Waals surface area contributed by atoms with Gasteiger partial charge in [0, 0.05) is 31.4 Å². The molecule has 0 aliphatic heterocycles. The lowest BCUT2D eigenvalue weighted by Crippen LogP contribution is -2.35. The summed E-state index contributed by atoms with van der Waals surface area (Å²) >= 11 is 0. The van der Waals surface area contributed by atoms with E-state index in [1.807, 2.05) is 13.8 Å². The van der Waals surface area contributed by atoms with E-state index in [-0.39, 0.29) is 5.03 Å². The molecule has 1 heterocycles. The molecule has 0 unspecified atom stereocenters. The quantitative estimate of drug-likeness (QED) is 0.794. The highest BCUT2D eigenvalue weighted by atomic mass is 32.2. The molecule has 7 heteroatoms. The molecule has 114 valence electrons. The van der Waals surface area contributed by atoms with Crippen LogP contribution < -0.4 is 5.32 Å². The van der Waals surface area contributed by atoms with Crippen molar-refractivity contribution in [3.05, 3.63) is 11.3 Å². The molecule has 1 aromatic rings. The second-order valence-electron chi connectivity index (χ2n) is 5.50. The molecule has 0 radical (unpaired) electrons. The van der Waals surface area contributed by atoms with Crippen molar-refractivity contribution < 1.29 is 8.42 Å². The number of nitrogens with one attached hydrogen (secondary N) is 2. The molecule has 0 aromatic carbocycles. The molecule has 0 amide bonds. The Morgan fingerprint density at radius 1 is 1.45 bits per heavy atom. The summed E-state index contributed by atoms with van der Waals surface area (Å²) in [5.74, 6) is 0.507. The fraction of sp³-hybridized carbons (Fsp3) is 0.769. The zero-order valence-corrected chi connectivity index (χ0v) is 13.3. The zero-order chi connectivity index (χ0) is 14.8. The smallest absolute Gasteiger partial charge is 0.262 e. The van der Waals surface area contributed by atoms with Crippen LogP contribution in [0, 0.1) is 12.8 Å². The minimum absolute atomic E-state index is 0.165. The van der Waals surface area contributed by atoms with Gasteiger partial charge in [0.15, 0.2) is 5.03 Å². The van der Waals surface area contributed by atoms with E-state index in [9.17, 15) is 8.42 Å². The zero-order valence-electron chi connectivity index (χ0n) is 12.4. The summed E-state index contributed by atoms with van der Waals surface area (Å²) in [6, 6.07) is 0. The van der Waals surface area contributed by atoms with E-state index in [4.69, 9.17) is 0 Å². The summed E-state index contributed by atoms with van der Waals surface area (Å²) < 4.78 is 26.7. The number of nitrogens with zero attached hydrogens (tertiary/aromatic N) is 2. The fourth-order valence-electron chi connectivity index (χ4n) is 2.39. The van der Waals surface area contributed by atoms with Crippen molar-refractivity contribution >= 4 is 10.0 Å². The van der Waals surface area contributed by atoms with Crippen LogP contribution in [-0.2, 0) is 16.6 Å². The Morgan fingerprint density at radius 3 is 2.70 bits per heavy atom. The lowest BCUT2D eigenvalue weighted by atomic mass is 9.86. The van der Waals surface area contributed by atoms with Crippen molar-refractivity contribution in [3.63, 3.8) is 0 Å². The maximum Gasteiger partial charge on any atom is 0.262 e. The molecule has 2 rings (SSSR count). The summed E-state index contributed by atoms with van der Waals surface area (Å²) in [4.78, 5) is 0. The first-order valence-corrected chi connectivity index (χ1v) is 8.61. The van der Waals surface area contributed by atoms with Crippen molar-refractivity contribution in [2.45, 2.75) is 44.7 Å². The van der Waals surface area contributed by atoms with Gasteiger partial charge in [-0.3, -0.25) is 5.10 Å². The number of hydrogen-bond acceptors (Lipinski definition) is 4. The van der Waals surface area contributed by atoms with E-state index < -0.39 is 10.0 Å². The molecule has 0 atom stereocenters. The van der Waals surface area contributed by atoms with Crippen LogP contribution in [0.25, 0.3) is 0 Å². The molecule has 1 fully saturated rings. The summed E-state index contributed by atoms with van der Waals surface area (Å²) in [7, 11) is -1.85. The van der Waals surface area contributed by atoms with E-state index in [1.165, 1.54) is 10.7 Å². The Kier molecular flexibility index (Phi) is 4.82. The van der Waals surface area contributed by atoms with Crippen LogP contribution in [0.15, 0.2) is 5.03 Å². The maximum absolute atomic E-state index is 12.6.